The number of ether oxygens (including phenoxy) is 1. The van der Waals surface area contributed by atoms with Crippen molar-refractivity contribution in [3.8, 4) is 0 Å². The summed E-state index contributed by atoms with van der Waals surface area (Å²) in [6.07, 6.45) is 0. The van der Waals surface area contributed by atoms with Gasteiger partial charge in [-0.1, -0.05) is 0 Å². The monoisotopic (exact) mass is 286 g/mol. The molecular formula is C13H16F2N2O3. The lowest BCUT2D eigenvalue weighted by Gasteiger charge is -2.33. The van der Waals surface area contributed by atoms with E-state index in [4.69, 9.17) is 4.74 Å². The lowest BCUT2D eigenvalue weighted by Crippen LogP contribution is -2.50. The van der Waals surface area contributed by atoms with Crippen molar-refractivity contribution >= 4 is 11.6 Å². The molecule has 1 amide bonds. The Balaban J connectivity index is 1.94. The number of nitrogens with one attached hydrogen (secondary N) is 1. The Hall–Kier alpha value is -1.57. The summed E-state index contributed by atoms with van der Waals surface area (Å²) >= 11 is 0. The molecule has 1 aliphatic heterocycles. The van der Waals surface area contributed by atoms with Gasteiger partial charge in [0.1, 0.15) is 11.6 Å². The Morgan fingerprint density at radius 2 is 2.30 bits per heavy atom. The molecule has 0 saturated carbocycles. The number of hydrogen-bond acceptors (Lipinski definition) is 4. The van der Waals surface area contributed by atoms with E-state index in [-0.39, 0.29) is 24.9 Å². The summed E-state index contributed by atoms with van der Waals surface area (Å²) in [7, 11) is 0. The third-order valence-corrected chi connectivity index (χ3v) is 3.11. The molecule has 0 bridgehead atoms. The third-order valence-electron chi connectivity index (χ3n) is 3.11. The molecule has 1 fully saturated rings. The van der Waals surface area contributed by atoms with Gasteiger partial charge in [-0.2, -0.15) is 0 Å². The SMILES string of the molecule is O=C(CN1CCOCC1CO)Nc1ccc(F)cc1F. The Labute approximate surface area is 115 Å². The van der Waals surface area contributed by atoms with Gasteiger partial charge in [0.05, 0.1) is 38.1 Å². The molecule has 1 heterocycles. The van der Waals surface area contributed by atoms with Crippen LogP contribution in [-0.2, 0) is 9.53 Å². The normalized spacial score (nSPS) is 19.9. The highest BCUT2D eigenvalue weighted by Crippen LogP contribution is 2.15. The molecule has 2 N–H and O–H groups in total. The molecule has 1 saturated heterocycles. The largest absolute Gasteiger partial charge is 0.395 e. The highest BCUT2D eigenvalue weighted by molar-refractivity contribution is 5.92. The second-order valence-corrected chi connectivity index (χ2v) is 4.55. The maximum Gasteiger partial charge on any atom is 0.238 e. The van der Waals surface area contributed by atoms with Crippen molar-refractivity contribution < 1.29 is 23.4 Å². The van der Waals surface area contributed by atoms with Crippen LogP contribution in [0.15, 0.2) is 18.2 Å². The molecule has 1 unspecified atom stereocenters. The van der Waals surface area contributed by atoms with Crippen molar-refractivity contribution in [2.75, 3.05) is 38.2 Å². The molecule has 110 valence electrons. The van der Waals surface area contributed by atoms with Crippen LogP contribution in [0.25, 0.3) is 0 Å². The summed E-state index contributed by atoms with van der Waals surface area (Å²) in [6, 6.07) is 2.71. The maximum atomic E-state index is 13.4. The first kappa shape index (κ1) is 14.8. The number of anilines is 1. The quantitative estimate of drug-likeness (QED) is 0.851. The minimum Gasteiger partial charge on any atom is -0.395 e. The van der Waals surface area contributed by atoms with Gasteiger partial charge in [-0.05, 0) is 12.1 Å². The fraction of sp³-hybridized carbons (Fsp3) is 0.462. The summed E-state index contributed by atoms with van der Waals surface area (Å²) in [5.41, 5.74) is -0.0646. The van der Waals surface area contributed by atoms with Crippen LogP contribution in [0.2, 0.25) is 0 Å². The highest BCUT2D eigenvalue weighted by atomic mass is 19.1. The molecule has 0 spiro atoms. The van der Waals surface area contributed by atoms with Gasteiger partial charge < -0.3 is 15.2 Å². The number of hydrogen-bond donors (Lipinski definition) is 2. The zero-order valence-electron chi connectivity index (χ0n) is 10.8. The van der Waals surface area contributed by atoms with Crippen LogP contribution in [0.1, 0.15) is 0 Å². The molecule has 1 aromatic rings. The van der Waals surface area contributed by atoms with E-state index in [0.29, 0.717) is 25.8 Å². The summed E-state index contributed by atoms with van der Waals surface area (Å²) in [4.78, 5) is 13.6. The average Bonchev–Trinajstić information content (AvgIpc) is 2.42. The topological polar surface area (TPSA) is 61.8 Å². The van der Waals surface area contributed by atoms with Crippen molar-refractivity contribution in [2.45, 2.75) is 6.04 Å². The van der Waals surface area contributed by atoms with Crippen LogP contribution in [0, 0.1) is 11.6 Å². The van der Waals surface area contributed by atoms with Crippen LogP contribution in [0.3, 0.4) is 0 Å². The van der Waals surface area contributed by atoms with Crippen molar-refractivity contribution in [2.24, 2.45) is 0 Å². The van der Waals surface area contributed by atoms with E-state index in [1.165, 1.54) is 6.07 Å². The molecule has 1 aliphatic rings. The van der Waals surface area contributed by atoms with Crippen molar-refractivity contribution in [3.05, 3.63) is 29.8 Å². The zero-order valence-corrected chi connectivity index (χ0v) is 10.8. The van der Waals surface area contributed by atoms with Crippen molar-refractivity contribution in [3.63, 3.8) is 0 Å². The van der Waals surface area contributed by atoms with Crippen LogP contribution in [0.4, 0.5) is 14.5 Å². The lowest BCUT2D eigenvalue weighted by molar-refractivity contribution is -0.120. The van der Waals surface area contributed by atoms with Gasteiger partial charge in [-0.15, -0.1) is 0 Å². The number of amides is 1. The van der Waals surface area contributed by atoms with Crippen molar-refractivity contribution in [1.82, 2.24) is 4.90 Å². The molecule has 1 atom stereocenters. The van der Waals surface area contributed by atoms with Gasteiger partial charge in [-0.3, -0.25) is 9.69 Å². The number of carbonyl (C=O) groups is 1. The number of halogens is 2. The standard InChI is InChI=1S/C13H16F2N2O3/c14-9-1-2-12(11(15)5-9)16-13(19)6-17-3-4-20-8-10(17)7-18/h1-2,5,10,18H,3-4,6-8H2,(H,16,19). The Bertz CT molecular complexity index is 485. The maximum absolute atomic E-state index is 13.4. The number of carbonyl (C=O) groups excluding carboxylic acids is 1. The van der Waals surface area contributed by atoms with E-state index in [9.17, 15) is 18.7 Å². The van der Waals surface area contributed by atoms with Gasteiger partial charge in [0.2, 0.25) is 5.91 Å². The number of aliphatic hydroxyl groups excluding tert-OH is 1. The number of aliphatic hydroxyl groups is 1. The van der Waals surface area contributed by atoms with E-state index in [1.54, 1.807) is 4.90 Å². The third kappa shape index (κ3) is 3.72. The molecule has 0 aliphatic carbocycles. The molecule has 0 aromatic heterocycles. The number of rotatable bonds is 4. The van der Waals surface area contributed by atoms with Gasteiger partial charge in [0.15, 0.2) is 0 Å². The van der Waals surface area contributed by atoms with E-state index < -0.39 is 17.5 Å². The van der Waals surface area contributed by atoms with E-state index in [0.717, 1.165) is 6.07 Å². The Kier molecular flexibility index (Phi) is 4.99. The van der Waals surface area contributed by atoms with E-state index >= 15 is 0 Å². The fourth-order valence-electron chi connectivity index (χ4n) is 2.03. The molecular weight excluding hydrogens is 270 g/mol. The first-order valence-corrected chi connectivity index (χ1v) is 6.27. The Morgan fingerprint density at radius 1 is 1.50 bits per heavy atom. The first-order valence-electron chi connectivity index (χ1n) is 6.27. The number of nitrogens with zero attached hydrogens (tertiary/aromatic N) is 1. The van der Waals surface area contributed by atoms with Crippen molar-refractivity contribution in [1.29, 1.82) is 0 Å². The summed E-state index contributed by atoms with van der Waals surface area (Å²) in [5.74, 6) is -1.94. The predicted molar refractivity (Wildman–Crippen MR) is 68.3 cm³/mol. The average molecular weight is 286 g/mol. The van der Waals surface area contributed by atoms with Crippen LogP contribution in [-0.4, -0.2) is 54.9 Å². The summed E-state index contributed by atoms with van der Waals surface area (Å²) in [6.45, 7) is 1.26. The van der Waals surface area contributed by atoms with Gasteiger partial charge >= 0.3 is 0 Å². The molecule has 7 heteroatoms. The Morgan fingerprint density at radius 3 is 3.00 bits per heavy atom. The second kappa shape index (κ2) is 6.74. The van der Waals surface area contributed by atoms with Gasteiger partial charge in [0, 0.05) is 12.6 Å². The minimum atomic E-state index is -0.820. The van der Waals surface area contributed by atoms with Gasteiger partial charge in [0.25, 0.3) is 0 Å². The van der Waals surface area contributed by atoms with Gasteiger partial charge in [-0.25, -0.2) is 8.78 Å². The fourth-order valence-corrected chi connectivity index (χ4v) is 2.03. The summed E-state index contributed by atoms with van der Waals surface area (Å²) < 4.78 is 31.4. The smallest absolute Gasteiger partial charge is 0.238 e. The highest BCUT2D eigenvalue weighted by Gasteiger charge is 2.24. The molecule has 20 heavy (non-hydrogen) atoms. The van der Waals surface area contributed by atoms with Crippen LogP contribution < -0.4 is 5.32 Å². The minimum absolute atomic E-state index is 0.0192. The second-order valence-electron chi connectivity index (χ2n) is 4.55. The lowest BCUT2D eigenvalue weighted by atomic mass is 10.2. The molecule has 1 aromatic carbocycles. The number of morpholine rings is 1. The molecule has 5 nitrogen and oxygen atoms in total. The number of benzene rings is 1. The van der Waals surface area contributed by atoms with Crippen LogP contribution >= 0.6 is 0 Å². The zero-order chi connectivity index (χ0) is 14.5. The molecule has 0 radical (unpaired) electrons. The molecule has 2 rings (SSSR count). The van der Waals surface area contributed by atoms with E-state index in [2.05, 4.69) is 5.32 Å². The predicted octanol–water partition coefficient (Wildman–Crippen LogP) is 0.596. The first-order chi connectivity index (χ1) is 9.60. The van der Waals surface area contributed by atoms with Crippen LogP contribution in [0.5, 0.6) is 0 Å². The van der Waals surface area contributed by atoms with E-state index in [1.807, 2.05) is 0 Å². The summed E-state index contributed by atoms with van der Waals surface area (Å²) in [5, 5.41) is 11.6.